The number of aryl methyl sites for hydroxylation is 1. The summed E-state index contributed by atoms with van der Waals surface area (Å²) in [5, 5.41) is 0. The molecule has 3 rings (SSSR count). The van der Waals surface area contributed by atoms with Gasteiger partial charge in [0.1, 0.15) is 11.5 Å². The van der Waals surface area contributed by atoms with Crippen LogP contribution in [0.15, 0.2) is 47.1 Å². The van der Waals surface area contributed by atoms with Gasteiger partial charge in [0.05, 0.1) is 13.4 Å². The van der Waals surface area contributed by atoms with E-state index in [1.165, 1.54) is 0 Å². The number of methoxy groups -OCH3 is 1. The van der Waals surface area contributed by atoms with Crippen molar-refractivity contribution in [3.63, 3.8) is 0 Å². The maximum absolute atomic E-state index is 12.3. The number of piperazine rings is 1. The van der Waals surface area contributed by atoms with Gasteiger partial charge < -0.3 is 19.0 Å². The van der Waals surface area contributed by atoms with Crippen LogP contribution in [0.1, 0.15) is 12.2 Å². The summed E-state index contributed by atoms with van der Waals surface area (Å²) >= 11 is 0. The van der Waals surface area contributed by atoms with Gasteiger partial charge in [-0.2, -0.15) is 0 Å². The lowest BCUT2D eigenvalue weighted by Crippen LogP contribution is -2.48. The predicted molar refractivity (Wildman–Crippen MR) is 88.8 cm³/mol. The summed E-state index contributed by atoms with van der Waals surface area (Å²) in [6.45, 7) is 3.21. The van der Waals surface area contributed by atoms with Crippen molar-refractivity contribution in [1.82, 2.24) is 4.90 Å². The first-order chi connectivity index (χ1) is 11.3. The minimum atomic E-state index is 0.201. The Bertz CT molecular complexity index is 631. The fraction of sp³-hybridized carbons (Fsp3) is 0.389. The zero-order valence-electron chi connectivity index (χ0n) is 13.4. The second-order valence-electron chi connectivity index (χ2n) is 5.65. The molecule has 0 saturated carbocycles. The Balaban J connectivity index is 1.50. The van der Waals surface area contributed by atoms with E-state index in [1.807, 2.05) is 35.2 Å². The molecule has 0 spiro atoms. The summed E-state index contributed by atoms with van der Waals surface area (Å²) in [7, 11) is 1.68. The molecule has 5 nitrogen and oxygen atoms in total. The monoisotopic (exact) mass is 314 g/mol. The number of hydrogen-bond donors (Lipinski definition) is 0. The minimum absolute atomic E-state index is 0.201. The number of benzene rings is 1. The number of furan rings is 1. The molecule has 1 aliphatic rings. The quantitative estimate of drug-likeness (QED) is 0.851. The highest BCUT2D eigenvalue weighted by Gasteiger charge is 2.21. The molecule has 1 amide bonds. The number of ether oxygens (including phenoxy) is 1. The van der Waals surface area contributed by atoms with E-state index >= 15 is 0 Å². The highest BCUT2D eigenvalue weighted by Crippen LogP contribution is 2.22. The number of rotatable bonds is 5. The highest BCUT2D eigenvalue weighted by atomic mass is 16.5. The van der Waals surface area contributed by atoms with Crippen molar-refractivity contribution in [3.05, 3.63) is 48.4 Å². The smallest absolute Gasteiger partial charge is 0.223 e. The number of anilines is 1. The lowest BCUT2D eigenvalue weighted by Gasteiger charge is -2.36. The van der Waals surface area contributed by atoms with Crippen molar-refractivity contribution in [2.45, 2.75) is 12.8 Å². The van der Waals surface area contributed by atoms with Crippen LogP contribution in [0.25, 0.3) is 0 Å². The van der Waals surface area contributed by atoms with Crippen LogP contribution < -0.4 is 9.64 Å². The second kappa shape index (κ2) is 7.22. The first-order valence-electron chi connectivity index (χ1n) is 7.95. The lowest BCUT2D eigenvalue weighted by molar-refractivity contribution is -0.131. The van der Waals surface area contributed by atoms with Crippen LogP contribution in [0, 0.1) is 0 Å². The highest BCUT2D eigenvalue weighted by molar-refractivity contribution is 5.76. The van der Waals surface area contributed by atoms with E-state index in [0.29, 0.717) is 12.8 Å². The Labute approximate surface area is 136 Å². The minimum Gasteiger partial charge on any atom is -0.497 e. The third kappa shape index (κ3) is 3.86. The van der Waals surface area contributed by atoms with E-state index in [0.717, 1.165) is 43.4 Å². The average Bonchev–Trinajstić information content (AvgIpc) is 3.13. The summed E-state index contributed by atoms with van der Waals surface area (Å²) in [5.41, 5.74) is 1.15. The van der Waals surface area contributed by atoms with Crippen LogP contribution in [-0.4, -0.2) is 44.1 Å². The van der Waals surface area contributed by atoms with Crippen molar-refractivity contribution in [3.8, 4) is 5.75 Å². The Hall–Kier alpha value is -2.43. The molecule has 122 valence electrons. The van der Waals surface area contributed by atoms with Gasteiger partial charge in [0.2, 0.25) is 5.91 Å². The van der Waals surface area contributed by atoms with E-state index < -0.39 is 0 Å². The van der Waals surface area contributed by atoms with Gasteiger partial charge in [-0.15, -0.1) is 0 Å². The molecule has 1 aromatic carbocycles. The maximum Gasteiger partial charge on any atom is 0.223 e. The molecule has 0 bridgehead atoms. The summed E-state index contributed by atoms with van der Waals surface area (Å²) < 4.78 is 10.5. The van der Waals surface area contributed by atoms with Crippen molar-refractivity contribution in [2.75, 3.05) is 38.2 Å². The van der Waals surface area contributed by atoms with E-state index in [4.69, 9.17) is 9.15 Å². The summed E-state index contributed by atoms with van der Waals surface area (Å²) in [5.74, 6) is 1.93. The number of carbonyl (C=O) groups is 1. The van der Waals surface area contributed by atoms with Crippen LogP contribution in [0.3, 0.4) is 0 Å². The average molecular weight is 314 g/mol. The Morgan fingerprint density at radius 1 is 1.17 bits per heavy atom. The zero-order valence-corrected chi connectivity index (χ0v) is 13.4. The normalized spacial score (nSPS) is 14.8. The number of hydrogen-bond acceptors (Lipinski definition) is 4. The molecule has 23 heavy (non-hydrogen) atoms. The zero-order chi connectivity index (χ0) is 16.1. The molecular formula is C18H22N2O3. The largest absolute Gasteiger partial charge is 0.497 e. The Kier molecular flexibility index (Phi) is 4.86. The van der Waals surface area contributed by atoms with E-state index in [-0.39, 0.29) is 5.91 Å². The molecule has 0 unspecified atom stereocenters. The van der Waals surface area contributed by atoms with Gasteiger partial charge in [-0.25, -0.2) is 0 Å². The molecule has 2 heterocycles. The summed E-state index contributed by atoms with van der Waals surface area (Å²) in [6, 6.07) is 11.8. The Morgan fingerprint density at radius 3 is 2.70 bits per heavy atom. The first kappa shape index (κ1) is 15.5. The molecule has 1 fully saturated rings. The van der Waals surface area contributed by atoms with Crippen LogP contribution in [0.4, 0.5) is 5.69 Å². The second-order valence-corrected chi connectivity index (χ2v) is 5.65. The molecule has 0 atom stereocenters. The summed E-state index contributed by atoms with van der Waals surface area (Å²) in [4.78, 5) is 16.5. The van der Waals surface area contributed by atoms with Crippen molar-refractivity contribution < 1.29 is 13.9 Å². The van der Waals surface area contributed by atoms with E-state index in [9.17, 15) is 4.79 Å². The third-order valence-corrected chi connectivity index (χ3v) is 4.22. The first-order valence-corrected chi connectivity index (χ1v) is 7.95. The third-order valence-electron chi connectivity index (χ3n) is 4.22. The molecule has 1 aliphatic heterocycles. The molecular weight excluding hydrogens is 292 g/mol. The van der Waals surface area contributed by atoms with Crippen LogP contribution in [0.5, 0.6) is 5.75 Å². The van der Waals surface area contributed by atoms with Crippen molar-refractivity contribution >= 4 is 11.6 Å². The number of amides is 1. The van der Waals surface area contributed by atoms with E-state index in [2.05, 4.69) is 11.0 Å². The van der Waals surface area contributed by atoms with Crippen LogP contribution in [0.2, 0.25) is 0 Å². The van der Waals surface area contributed by atoms with Gasteiger partial charge in [-0.05, 0) is 24.3 Å². The van der Waals surface area contributed by atoms with Crippen LogP contribution in [-0.2, 0) is 11.2 Å². The molecule has 5 heteroatoms. The van der Waals surface area contributed by atoms with Gasteiger partial charge in [0.25, 0.3) is 0 Å². The van der Waals surface area contributed by atoms with Gasteiger partial charge >= 0.3 is 0 Å². The van der Waals surface area contributed by atoms with Crippen LogP contribution >= 0.6 is 0 Å². The molecule has 0 radical (unpaired) electrons. The molecule has 1 aromatic heterocycles. The number of carbonyl (C=O) groups excluding carboxylic acids is 1. The predicted octanol–water partition coefficient (Wildman–Crippen LogP) is 2.57. The number of nitrogens with zero attached hydrogens (tertiary/aromatic N) is 2. The van der Waals surface area contributed by atoms with Crippen molar-refractivity contribution in [1.29, 1.82) is 0 Å². The lowest BCUT2D eigenvalue weighted by atomic mass is 10.2. The summed E-state index contributed by atoms with van der Waals surface area (Å²) in [6.07, 6.45) is 2.82. The molecule has 0 aliphatic carbocycles. The van der Waals surface area contributed by atoms with Gasteiger partial charge in [-0.3, -0.25) is 4.79 Å². The fourth-order valence-electron chi connectivity index (χ4n) is 2.86. The molecule has 1 saturated heterocycles. The standard InChI is InChI=1S/C18H22N2O3/c1-22-17-5-2-4-15(14-17)19-9-11-20(12-10-19)18(21)8-7-16-6-3-13-23-16/h2-6,13-14H,7-12H2,1H3. The van der Waals surface area contributed by atoms with E-state index in [1.54, 1.807) is 13.4 Å². The van der Waals surface area contributed by atoms with Crippen molar-refractivity contribution in [2.24, 2.45) is 0 Å². The van der Waals surface area contributed by atoms with Gasteiger partial charge in [0.15, 0.2) is 0 Å². The van der Waals surface area contributed by atoms with Gasteiger partial charge in [-0.1, -0.05) is 6.07 Å². The Morgan fingerprint density at radius 2 is 2.00 bits per heavy atom. The maximum atomic E-state index is 12.3. The molecule has 2 aromatic rings. The van der Waals surface area contributed by atoms with Gasteiger partial charge in [0, 0.05) is 50.8 Å². The molecule has 0 N–H and O–H groups in total. The topological polar surface area (TPSA) is 45.9 Å². The fourth-order valence-corrected chi connectivity index (χ4v) is 2.86. The SMILES string of the molecule is COc1cccc(N2CCN(C(=O)CCc3ccco3)CC2)c1.